The molecule has 0 aromatic carbocycles. The molecule has 2 aliphatic rings. The molecule has 2 N–H and O–H groups in total. The maximum absolute atomic E-state index is 12.7. The highest BCUT2D eigenvalue weighted by molar-refractivity contribution is 5.64. The summed E-state index contributed by atoms with van der Waals surface area (Å²) in [6.07, 6.45) is 2.85. The molecule has 2 aliphatic carbocycles. The Morgan fingerprint density at radius 2 is 1.91 bits per heavy atom. The number of aromatic nitrogens is 4. The van der Waals surface area contributed by atoms with Crippen LogP contribution < -0.4 is 15.2 Å². The van der Waals surface area contributed by atoms with Crippen LogP contribution in [-0.4, -0.2) is 32.8 Å². The summed E-state index contributed by atoms with van der Waals surface area (Å²) in [7, 11) is 1.67. The summed E-state index contributed by atoms with van der Waals surface area (Å²) in [5.41, 5.74) is 7.70. The molecule has 5 rings (SSSR count). The smallest absolute Gasteiger partial charge is 0.495 e. The van der Waals surface area contributed by atoms with E-state index >= 15 is 0 Å². The van der Waals surface area contributed by atoms with Crippen molar-refractivity contribution in [3.05, 3.63) is 42.5 Å². The first kappa shape index (κ1) is 21.7. The molecule has 4 atom stereocenters. The molecule has 0 saturated heterocycles. The third-order valence-electron chi connectivity index (χ3n) is 6.76. The van der Waals surface area contributed by atoms with Gasteiger partial charge in [-0.1, -0.05) is 0 Å². The van der Waals surface area contributed by atoms with Gasteiger partial charge in [0.05, 0.1) is 12.8 Å². The van der Waals surface area contributed by atoms with E-state index in [1.54, 1.807) is 7.11 Å². The first-order chi connectivity index (χ1) is 15.6. The van der Waals surface area contributed by atoms with Crippen molar-refractivity contribution in [3.8, 4) is 22.8 Å². The van der Waals surface area contributed by atoms with Crippen LogP contribution in [-0.2, 0) is 0 Å². The second-order valence-corrected chi connectivity index (χ2v) is 9.13. The van der Waals surface area contributed by atoms with Crippen LogP contribution in [0.3, 0.4) is 0 Å². The fraction of sp³-hybridized carbons (Fsp3) is 0.478. The standard InChI is InChI=1S/C23H26F3N5O2/c1-12(2)31-19(21-16-7-14(8-17(16)21)30-5-4-15(11-30)32-3)9-18(29-31)13-6-20(22(27)28-10-13)33-23(24,25)26/h4-6,9-12,14,16-17,21H,7-8H2,1-3H3,(H2,27,28)/t14-,16+,17-,21?. The molecule has 3 heterocycles. The van der Waals surface area contributed by atoms with E-state index in [1.165, 1.54) is 12.3 Å². The number of nitrogens with zero attached hydrogens (tertiary/aromatic N) is 4. The minimum Gasteiger partial charge on any atom is -0.495 e. The number of halogens is 3. The molecule has 3 aromatic rings. The molecule has 0 amide bonds. The Bertz CT molecular complexity index is 1160. The fourth-order valence-electron chi connectivity index (χ4n) is 5.25. The fourth-order valence-corrected chi connectivity index (χ4v) is 5.25. The predicted octanol–water partition coefficient (Wildman–Crippen LogP) is 5.18. The SMILES string of the molecule is COc1ccn([C@@H]2C[C@@H]3C(c4cc(-c5cnc(N)c(OC(F)(F)F)c5)nn4C(C)C)[C@@H]3C2)c1. The molecule has 0 bridgehead atoms. The molecule has 7 nitrogen and oxygen atoms in total. The highest BCUT2D eigenvalue weighted by Gasteiger charge is 2.58. The number of nitrogen functional groups attached to an aromatic ring is 1. The summed E-state index contributed by atoms with van der Waals surface area (Å²) in [5, 5.41) is 4.70. The number of methoxy groups -OCH3 is 1. The van der Waals surface area contributed by atoms with Gasteiger partial charge in [-0.15, -0.1) is 13.2 Å². The minimum atomic E-state index is -4.84. The van der Waals surface area contributed by atoms with Crippen molar-refractivity contribution < 1.29 is 22.6 Å². The van der Waals surface area contributed by atoms with E-state index in [1.807, 2.05) is 36.9 Å². The number of hydrogen-bond acceptors (Lipinski definition) is 5. The predicted molar refractivity (Wildman–Crippen MR) is 116 cm³/mol. The van der Waals surface area contributed by atoms with Crippen LogP contribution in [0.25, 0.3) is 11.3 Å². The van der Waals surface area contributed by atoms with Crippen molar-refractivity contribution in [2.24, 2.45) is 11.8 Å². The third-order valence-corrected chi connectivity index (χ3v) is 6.76. The first-order valence-corrected chi connectivity index (χ1v) is 11.0. The van der Waals surface area contributed by atoms with E-state index in [2.05, 4.69) is 20.5 Å². The van der Waals surface area contributed by atoms with E-state index in [0.717, 1.165) is 24.3 Å². The molecule has 10 heteroatoms. The number of nitrogens with two attached hydrogens (primary N) is 1. The highest BCUT2D eigenvalue weighted by Crippen LogP contribution is 2.66. The largest absolute Gasteiger partial charge is 0.573 e. The maximum atomic E-state index is 12.7. The van der Waals surface area contributed by atoms with E-state index in [4.69, 9.17) is 15.6 Å². The van der Waals surface area contributed by atoms with Gasteiger partial charge in [0.25, 0.3) is 0 Å². The summed E-state index contributed by atoms with van der Waals surface area (Å²) in [6.45, 7) is 4.10. The number of hydrogen-bond donors (Lipinski definition) is 1. The van der Waals surface area contributed by atoms with E-state index in [9.17, 15) is 13.2 Å². The second-order valence-electron chi connectivity index (χ2n) is 9.13. The van der Waals surface area contributed by atoms with Crippen LogP contribution in [0.5, 0.6) is 11.5 Å². The summed E-state index contributed by atoms with van der Waals surface area (Å²) in [5.74, 6) is 1.56. The van der Waals surface area contributed by atoms with Gasteiger partial charge in [-0.25, -0.2) is 4.98 Å². The van der Waals surface area contributed by atoms with Crippen LogP contribution in [0.2, 0.25) is 0 Å². The van der Waals surface area contributed by atoms with Crippen LogP contribution >= 0.6 is 0 Å². The maximum Gasteiger partial charge on any atom is 0.573 e. The van der Waals surface area contributed by atoms with Crippen molar-refractivity contribution in [2.45, 2.75) is 51.1 Å². The summed E-state index contributed by atoms with van der Waals surface area (Å²) < 4.78 is 51.7. The van der Waals surface area contributed by atoms with Gasteiger partial charge in [0.2, 0.25) is 0 Å². The van der Waals surface area contributed by atoms with Gasteiger partial charge >= 0.3 is 6.36 Å². The third kappa shape index (κ3) is 4.02. The van der Waals surface area contributed by atoms with Crippen molar-refractivity contribution in [2.75, 3.05) is 12.8 Å². The van der Waals surface area contributed by atoms with Crippen molar-refractivity contribution in [1.82, 2.24) is 19.3 Å². The molecular formula is C23H26F3N5O2. The quantitative estimate of drug-likeness (QED) is 0.547. The lowest BCUT2D eigenvalue weighted by Crippen LogP contribution is -2.18. The average Bonchev–Trinajstić information content (AvgIpc) is 3.23. The van der Waals surface area contributed by atoms with Crippen LogP contribution in [0, 0.1) is 11.8 Å². The second kappa shape index (κ2) is 7.71. The molecule has 0 aliphatic heterocycles. The zero-order valence-corrected chi connectivity index (χ0v) is 18.6. The monoisotopic (exact) mass is 461 g/mol. The minimum absolute atomic E-state index is 0.118. The Kier molecular flexibility index (Phi) is 5.06. The zero-order valence-electron chi connectivity index (χ0n) is 18.6. The highest BCUT2D eigenvalue weighted by atomic mass is 19.4. The Hall–Kier alpha value is -3.17. The number of pyridine rings is 1. The topological polar surface area (TPSA) is 80.1 Å². The van der Waals surface area contributed by atoms with Crippen molar-refractivity contribution in [3.63, 3.8) is 0 Å². The molecule has 0 radical (unpaired) electrons. The number of fused-ring (bicyclic) bond motifs is 1. The Labute approximate surface area is 189 Å². The summed E-state index contributed by atoms with van der Waals surface area (Å²) in [6, 6.07) is 5.77. The van der Waals surface area contributed by atoms with Gasteiger partial charge in [-0.05, 0) is 56.7 Å². The number of ether oxygens (including phenoxy) is 2. The zero-order chi connectivity index (χ0) is 23.5. The number of alkyl halides is 3. The lowest BCUT2D eigenvalue weighted by atomic mass is 10.0. The number of rotatable bonds is 6. The molecule has 2 fully saturated rings. The van der Waals surface area contributed by atoms with E-state index in [-0.39, 0.29) is 11.9 Å². The van der Waals surface area contributed by atoms with Gasteiger partial charge in [-0.3, -0.25) is 4.68 Å². The molecule has 33 heavy (non-hydrogen) atoms. The van der Waals surface area contributed by atoms with E-state index < -0.39 is 12.1 Å². The summed E-state index contributed by atoms with van der Waals surface area (Å²) >= 11 is 0. The Morgan fingerprint density at radius 1 is 1.18 bits per heavy atom. The Balaban J connectivity index is 1.38. The van der Waals surface area contributed by atoms with Crippen molar-refractivity contribution in [1.29, 1.82) is 0 Å². The summed E-state index contributed by atoms with van der Waals surface area (Å²) in [4.78, 5) is 3.88. The first-order valence-electron chi connectivity index (χ1n) is 11.0. The molecule has 176 valence electrons. The van der Waals surface area contributed by atoms with Crippen LogP contribution in [0.4, 0.5) is 19.0 Å². The van der Waals surface area contributed by atoms with Gasteiger partial charge < -0.3 is 19.8 Å². The lowest BCUT2D eigenvalue weighted by Gasteiger charge is -2.17. The lowest BCUT2D eigenvalue weighted by molar-refractivity contribution is -0.274. The number of anilines is 1. The van der Waals surface area contributed by atoms with Gasteiger partial charge in [-0.2, -0.15) is 5.10 Å². The Morgan fingerprint density at radius 3 is 2.52 bits per heavy atom. The molecule has 1 unspecified atom stereocenters. The molecule has 0 spiro atoms. The normalized spacial score (nSPS) is 24.2. The average molecular weight is 461 g/mol. The molecule has 3 aromatic heterocycles. The van der Waals surface area contributed by atoms with Crippen LogP contribution in [0.1, 0.15) is 50.4 Å². The molecule has 2 saturated carbocycles. The van der Waals surface area contributed by atoms with Crippen molar-refractivity contribution >= 4 is 5.82 Å². The van der Waals surface area contributed by atoms with Gasteiger partial charge in [0.15, 0.2) is 11.6 Å². The molecular weight excluding hydrogens is 435 g/mol. The van der Waals surface area contributed by atoms with E-state index in [0.29, 0.717) is 35.1 Å². The van der Waals surface area contributed by atoms with Gasteiger partial charge in [0.1, 0.15) is 5.75 Å². The van der Waals surface area contributed by atoms with Crippen LogP contribution in [0.15, 0.2) is 36.8 Å². The van der Waals surface area contributed by atoms with Gasteiger partial charge in [0, 0.05) is 47.8 Å².